The first-order valence-electron chi connectivity index (χ1n) is 12.7. The van der Waals surface area contributed by atoms with Crippen molar-refractivity contribution < 1.29 is 52.0 Å². The molecule has 0 radical (unpaired) electrons. The number of ether oxygens (including phenoxy) is 4. The fourth-order valence-electron chi connectivity index (χ4n) is 8.77. The van der Waals surface area contributed by atoms with Crippen LogP contribution < -0.4 is 0 Å². The summed E-state index contributed by atoms with van der Waals surface area (Å²) in [7, 11) is 0. The lowest BCUT2D eigenvalue weighted by Gasteiger charge is -2.59. The minimum absolute atomic E-state index is 0.159. The molecule has 1 heterocycles. The second-order valence-electron chi connectivity index (χ2n) is 12.2. The zero-order chi connectivity index (χ0) is 25.6. The Hall–Kier alpha value is -2.30. The molecule has 0 aromatic carbocycles. The van der Waals surface area contributed by atoms with Crippen molar-refractivity contribution >= 4 is 23.9 Å². The van der Waals surface area contributed by atoms with Crippen molar-refractivity contribution in [3.63, 3.8) is 0 Å². The van der Waals surface area contributed by atoms with E-state index < -0.39 is 77.9 Å². The lowest BCUT2D eigenvalue weighted by Crippen LogP contribution is -2.57. The monoisotopic (exact) mass is 512 g/mol. The van der Waals surface area contributed by atoms with Crippen molar-refractivity contribution in [3.8, 4) is 0 Å². The number of carbonyl (C=O) groups is 4. The van der Waals surface area contributed by atoms with Gasteiger partial charge in [-0.2, -0.15) is 8.78 Å². The first-order valence-corrected chi connectivity index (χ1v) is 12.7. The summed E-state index contributed by atoms with van der Waals surface area (Å²) in [4.78, 5) is 49.5. The van der Waals surface area contributed by atoms with Crippen LogP contribution in [0, 0.1) is 40.9 Å². The van der Waals surface area contributed by atoms with E-state index in [4.69, 9.17) is 18.9 Å². The highest BCUT2D eigenvalue weighted by Gasteiger charge is 2.70. The van der Waals surface area contributed by atoms with Gasteiger partial charge in [0.1, 0.15) is 12.2 Å². The average molecular weight is 513 g/mol. The zero-order valence-corrected chi connectivity index (χ0v) is 20.0. The van der Waals surface area contributed by atoms with Crippen LogP contribution in [-0.4, -0.2) is 65.9 Å². The van der Waals surface area contributed by atoms with Gasteiger partial charge in [-0.3, -0.25) is 9.59 Å². The third kappa shape index (κ3) is 3.80. The van der Waals surface area contributed by atoms with Gasteiger partial charge in [-0.25, -0.2) is 9.59 Å². The van der Waals surface area contributed by atoms with Crippen LogP contribution in [0.25, 0.3) is 0 Å². The van der Waals surface area contributed by atoms with E-state index in [1.165, 1.54) is 0 Å². The van der Waals surface area contributed by atoms with Gasteiger partial charge in [-0.15, -0.1) is 0 Å². The van der Waals surface area contributed by atoms with E-state index in [1.54, 1.807) is 0 Å². The number of rotatable bonds is 7. The fourth-order valence-corrected chi connectivity index (χ4v) is 8.77. The van der Waals surface area contributed by atoms with E-state index >= 15 is 0 Å². The third-order valence-electron chi connectivity index (χ3n) is 9.44. The van der Waals surface area contributed by atoms with Crippen LogP contribution >= 0.6 is 0 Å². The summed E-state index contributed by atoms with van der Waals surface area (Å²) in [5, 5.41) is 10.9. The number of hydrogen-bond acceptors (Lipinski definition) is 9. The quantitative estimate of drug-likeness (QED) is 0.401. The number of hydrogen-bond donors (Lipinski definition) is 1. The Morgan fingerprint density at radius 2 is 1.78 bits per heavy atom. The van der Waals surface area contributed by atoms with E-state index in [0.29, 0.717) is 31.6 Å². The summed E-state index contributed by atoms with van der Waals surface area (Å²) in [5.41, 5.74) is -0.926. The minimum Gasteiger partial charge on any atom is -0.463 e. The van der Waals surface area contributed by atoms with Crippen LogP contribution in [0.15, 0.2) is 0 Å². The summed E-state index contributed by atoms with van der Waals surface area (Å²) in [6.45, 7) is -0.0809. The molecule has 8 atom stereocenters. The number of carbonyl (C=O) groups excluding carboxylic acids is 4. The highest BCUT2D eigenvalue weighted by Crippen LogP contribution is 2.62. The molecule has 0 amide bonds. The predicted octanol–water partition coefficient (Wildman–Crippen LogP) is 1.78. The van der Waals surface area contributed by atoms with Crippen molar-refractivity contribution in [1.29, 1.82) is 0 Å². The lowest BCUT2D eigenvalue weighted by atomic mass is 9.48. The molecule has 0 aromatic heterocycles. The normalized spacial score (nSPS) is 45.5. The molecule has 8 unspecified atom stereocenters. The Labute approximate surface area is 206 Å². The smallest absolute Gasteiger partial charge is 0.377 e. The van der Waals surface area contributed by atoms with Crippen LogP contribution in [0.5, 0.6) is 0 Å². The SMILES string of the molecule is CC(F)(F)C(=O)OC1C2CC3C1OC(=O)C3C2C(=O)OCC(=O)OCC12CC3CC(CC(O)(C3)C1)C2. The molecule has 7 rings (SSSR count). The number of aliphatic hydroxyl groups is 1. The van der Waals surface area contributed by atoms with Gasteiger partial charge >= 0.3 is 29.8 Å². The molecule has 6 bridgehead atoms. The van der Waals surface area contributed by atoms with E-state index in [2.05, 4.69) is 0 Å². The van der Waals surface area contributed by atoms with E-state index in [-0.39, 0.29) is 12.0 Å². The van der Waals surface area contributed by atoms with Gasteiger partial charge in [0, 0.05) is 24.2 Å². The molecule has 1 aliphatic heterocycles. The standard InChI is InChI=1S/C25H30F2O9/c1-23(26,27)22(31)36-19-13-3-14-17(21(30)35-18(14)19)16(13)20(29)33-8-15(28)34-10-24-4-11-2-12(5-24)7-25(32,6-11)9-24/h11-14,16-19,32H,2-10H2,1H3. The fraction of sp³-hybridized carbons (Fsp3) is 0.840. The second kappa shape index (κ2) is 7.85. The van der Waals surface area contributed by atoms with Gasteiger partial charge in [0.25, 0.3) is 0 Å². The van der Waals surface area contributed by atoms with Crippen molar-refractivity contribution in [2.75, 3.05) is 13.2 Å². The average Bonchev–Trinajstić information content (AvgIpc) is 3.37. The Bertz CT molecular complexity index is 992. The van der Waals surface area contributed by atoms with E-state index in [9.17, 15) is 33.1 Å². The molecule has 0 spiro atoms. The molecule has 6 aliphatic carbocycles. The largest absolute Gasteiger partial charge is 0.463 e. The summed E-state index contributed by atoms with van der Waals surface area (Å²) < 4.78 is 47.7. The van der Waals surface area contributed by atoms with Gasteiger partial charge in [0.05, 0.1) is 24.0 Å². The lowest BCUT2D eigenvalue weighted by molar-refractivity contribution is -0.190. The molecule has 36 heavy (non-hydrogen) atoms. The maximum atomic E-state index is 13.4. The number of fused-ring (bicyclic) bond motifs is 1. The molecule has 7 aliphatic rings. The number of esters is 4. The topological polar surface area (TPSA) is 125 Å². The van der Waals surface area contributed by atoms with Crippen LogP contribution in [-0.2, 0) is 38.1 Å². The van der Waals surface area contributed by atoms with Crippen LogP contribution in [0.2, 0.25) is 0 Å². The minimum atomic E-state index is -3.73. The summed E-state index contributed by atoms with van der Waals surface area (Å²) in [6.07, 6.45) is 3.41. The molecule has 0 aromatic rings. The number of halogens is 2. The highest BCUT2D eigenvalue weighted by atomic mass is 19.3. The molecular weight excluding hydrogens is 482 g/mol. The molecule has 7 fully saturated rings. The Balaban J connectivity index is 1.05. The summed E-state index contributed by atoms with van der Waals surface area (Å²) in [5.74, 6) is -9.81. The van der Waals surface area contributed by atoms with Crippen LogP contribution in [0.3, 0.4) is 0 Å². The maximum absolute atomic E-state index is 13.4. The molecule has 1 saturated heterocycles. The highest BCUT2D eigenvalue weighted by molar-refractivity contribution is 5.87. The summed E-state index contributed by atoms with van der Waals surface area (Å²) in [6, 6.07) is 0. The molecule has 9 nitrogen and oxygen atoms in total. The first kappa shape index (κ1) is 24.1. The second-order valence-corrected chi connectivity index (χ2v) is 12.2. The Morgan fingerprint density at radius 1 is 1.08 bits per heavy atom. The molecule has 6 saturated carbocycles. The van der Waals surface area contributed by atoms with Gasteiger partial charge in [0.15, 0.2) is 6.61 Å². The van der Waals surface area contributed by atoms with Crippen molar-refractivity contribution in [2.45, 2.75) is 75.6 Å². The third-order valence-corrected chi connectivity index (χ3v) is 9.44. The Morgan fingerprint density at radius 3 is 2.42 bits per heavy atom. The molecular formula is C25H30F2O9. The zero-order valence-electron chi connectivity index (χ0n) is 20.0. The van der Waals surface area contributed by atoms with Crippen LogP contribution in [0.4, 0.5) is 8.78 Å². The van der Waals surface area contributed by atoms with Crippen LogP contribution in [0.1, 0.15) is 51.9 Å². The van der Waals surface area contributed by atoms with Gasteiger partial charge in [-0.05, 0) is 56.8 Å². The molecule has 1 N–H and O–H groups in total. The van der Waals surface area contributed by atoms with Gasteiger partial charge < -0.3 is 24.1 Å². The molecule has 11 heteroatoms. The Kier molecular flexibility index (Phi) is 5.25. The van der Waals surface area contributed by atoms with Gasteiger partial charge in [0.2, 0.25) is 0 Å². The van der Waals surface area contributed by atoms with E-state index in [1.807, 2.05) is 0 Å². The predicted molar refractivity (Wildman–Crippen MR) is 113 cm³/mol. The van der Waals surface area contributed by atoms with Crippen molar-refractivity contribution in [2.24, 2.45) is 40.9 Å². The maximum Gasteiger partial charge on any atom is 0.377 e. The van der Waals surface area contributed by atoms with Gasteiger partial charge in [-0.1, -0.05) is 0 Å². The number of alkyl halides is 2. The van der Waals surface area contributed by atoms with Crippen molar-refractivity contribution in [3.05, 3.63) is 0 Å². The summed E-state index contributed by atoms with van der Waals surface area (Å²) >= 11 is 0. The molecule has 198 valence electrons. The van der Waals surface area contributed by atoms with Crippen molar-refractivity contribution in [1.82, 2.24) is 0 Å². The van der Waals surface area contributed by atoms with E-state index in [0.717, 1.165) is 32.1 Å². The first-order chi connectivity index (χ1) is 16.9.